The summed E-state index contributed by atoms with van der Waals surface area (Å²) in [7, 11) is 1.56. The van der Waals surface area contributed by atoms with Crippen LogP contribution in [0.4, 0.5) is 0 Å². The van der Waals surface area contributed by atoms with E-state index < -0.39 is 5.97 Å². The molecular weight excluding hydrogens is 258 g/mol. The van der Waals surface area contributed by atoms with Crippen molar-refractivity contribution < 1.29 is 14.6 Å². The van der Waals surface area contributed by atoms with Crippen LogP contribution in [0, 0.1) is 6.92 Å². The average Bonchev–Trinajstić information content (AvgIpc) is 2.41. The molecule has 0 aliphatic heterocycles. The largest absolute Gasteiger partial charge is 0.495 e. The lowest BCUT2D eigenvalue weighted by atomic mass is 10.1. The minimum atomic E-state index is -1.03. The smallest absolute Gasteiger partial charge is 0.308 e. The van der Waals surface area contributed by atoms with Crippen LogP contribution in [-0.2, 0) is 11.2 Å². The third-order valence-electron chi connectivity index (χ3n) is 3.01. The van der Waals surface area contributed by atoms with Crippen molar-refractivity contribution in [3.8, 4) is 11.4 Å². The second-order valence-electron chi connectivity index (χ2n) is 4.42. The normalized spacial score (nSPS) is 10.3. The number of para-hydroxylation sites is 2. The third-order valence-corrected chi connectivity index (χ3v) is 3.01. The number of carboxylic acid groups (broad SMARTS) is 1. The molecule has 1 heterocycles. The molecule has 20 heavy (non-hydrogen) atoms. The van der Waals surface area contributed by atoms with Gasteiger partial charge in [0.1, 0.15) is 5.75 Å². The van der Waals surface area contributed by atoms with Gasteiger partial charge in [-0.1, -0.05) is 12.1 Å². The van der Waals surface area contributed by atoms with Crippen LogP contribution in [0.2, 0.25) is 0 Å². The Bertz CT molecular complexity index is 703. The number of methoxy groups -OCH3 is 1. The van der Waals surface area contributed by atoms with Crippen molar-refractivity contribution in [2.75, 3.05) is 7.11 Å². The molecule has 1 aromatic heterocycles. The molecule has 0 fully saturated rings. The first-order chi connectivity index (χ1) is 9.52. The van der Waals surface area contributed by atoms with E-state index in [-0.39, 0.29) is 17.4 Å². The molecule has 5 heteroatoms. The SMILES string of the molecule is COc1ccccc1-n1cc(CC(=O)O)c(=O)cc1C. The van der Waals surface area contributed by atoms with E-state index >= 15 is 0 Å². The lowest BCUT2D eigenvalue weighted by Gasteiger charge is -2.15. The van der Waals surface area contributed by atoms with Gasteiger partial charge in [0.15, 0.2) is 5.43 Å². The quantitative estimate of drug-likeness (QED) is 0.922. The highest BCUT2D eigenvalue weighted by atomic mass is 16.5. The Labute approximate surface area is 116 Å². The van der Waals surface area contributed by atoms with Gasteiger partial charge in [0.25, 0.3) is 0 Å². The number of carbonyl (C=O) groups is 1. The number of ether oxygens (including phenoxy) is 1. The van der Waals surface area contributed by atoms with E-state index in [1.54, 1.807) is 24.8 Å². The van der Waals surface area contributed by atoms with Crippen LogP contribution in [0.3, 0.4) is 0 Å². The number of carboxylic acids is 1. The second kappa shape index (κ2) is 5.61. The molecule has 0 aliphatic rings. The zero-order valence-electron chi connectivity index (χ0n) is 11.3. The van der Waals surface area contributed by atoms with E-state index in [9.17, 15) is 9.59 Å². The van der Waals surface area contributed by atoms with Crippen LogP contribution in [0.5, 0.6) is 5.75 Å². The molecule has 2 rings (SSSR count). The summed E-state index contributed by atoms with van der Waals surface area (Å²) < 4.78 is 7.05. The first-order valence-electron chi connectivity index (χ1n) is 6.10. The van der Waals surface area contributed by atoms with Crippen LogP contribution in [0.25, 0.3) is 5.69 Å². The molecule has 0 spiro atoms. The lowest BCUT2D eigenvalue weighted by Crippen LogP contribution is -2.17. The van der Waals surface area contributed by atoms with Crippen LogP contribution in [0.15, 0.2) is 41.3 Å². The molecule has 0 aliphatic carbocycles. The van der Waals surface area contributed by atoms with Crippen molar-refractivity contribution >= 4 is 5.97 Å². The predicted molar refractivity (Wildman–Crippen MR) is 74.7 cm³/mol. The summed E-state index contributed by atoms with van der Waals surface area (Å²) in [6, 6.07) is 8.79. The van der Waals surface area contributed by atoms with E-state index in [2.05, 4.69) is 0 Å². The summed E-state index contributed by atoms with van der Waals surface area (Å²) in [6.07, 6.45) is 1.26. The molecule has 2 aromatic rings. The number of aryl methyl sites for hydroxylation is 1. The van der Waals surface area contributed by atoms with E-state index in [1.807, 2.05) is 24.3 Å². The fourth-order valence-electron chi connectivity index (χ4n) is 2.06. The Balaban J connectivity index is 2.62. The highest BCUT2D eigenvalue weighted by molar-refractivity contribution is 5.70. The van der Waals surface area contributed by atoms with Gasteiger partial charge < -0.3 is 14.4 Å². The van der Waals surface area contributed by atoms with Crippen LogP contribution in [-0.4, -0.2) is 22.8 Å². The summed E-state index contributed by atoms with van der Waals surface area (Å²) in [5, 5.41) is 8.85. The summed E-state index contributed by atoms with van der Waals surface area (Å²) in [6.45, 7) is 1.79. The maximum atomic E-state index is 11.8. The number of aromatic nitrogens is 1. The summed E-state index contributed by atoms with van der Waals surface area (Å²) in [4.78, 5) is 22.6. The number of hydrogen-bond acceptors (Lipinski definition) is 3. The first-order valence-corrected chi connectivity index (χ1v) is 6.10. The Kier molecular flexibility index (Phi) is 3.89. The van der Waals surface area contributed by atoms with Gasteiger partial charge in [-0.3, -0.25) is 9.59 Å². The maximum Gasteiger partial charge on any atom is 0.308 e. The highest BCUT2D eigenvalue weighted by Crippen LogP contribution is 2.23. The average molecular weight is 273 g/mol. The molecular formula is C15H15NO4. The van der Waals surface area contributed by atoms with E-state index in [0.29, 0.717) is 11.4 Å². The van der Waals surface area contributed by atoms with Crippen LogP contribution in [0.1, 0.15) is 11.3 Å². The van der Waals surface area contributed by atoms with Crippen molar-refractivity contribution in [1.82, 2.24) is 4.57 Å². The molecule has 0 bridgehead atoms. The van der Waals surface area contributed by atoms with Crippen molar-refractivity contribution in [2.45, 2.75) is 13.3 Å². The fourth-order valence-corrected chi connectivity index (χ4v) is 2.06. The predicted octanol–water partition coefficient (Wildman–Crippen LogP) is 1.78. The second-order valence-corrected chi connectivity index (χ2v) is 4.42. The highest BCUT2D eigenvalue weighted by Gasteiger charge is 2.11. The van der Waals surface area contributed by atoms with E-state index in [1.165, 1.54) is 6.07 Å². The lowest BCUT2D eigenvalue weighted by molar-refractivity contribution is -0.136. The Morgan fingerprint density at radius 1 is 1.35 bits per heavy atom. The van der Waals surface area contributed by atoms with Crippen molar-refractivity contribution in [3.63, 3.8) is 0 Å². The minimum Gasteiger partial charge on any atom is -0.495 e. The minimum absolute atomic E-state index is 0.244. The number of aliphatic carboxylic acids is 1. The Hall–Kier alpha value is -2.56. The van der Waals surface area contributed by atoms with Gasteiger partial charge in [0.2, 0.25) is 0 Å². The molecule has 5 nitrogen and oxygen atoms in total. The number of rotatable bonds is 4. The van der Waals surface area contributed by atoms with Gasteiger partial charge in [-0.15, -0.1) is 0 Å². The molecule has 1 aromatic carbocycles. The molecule has 0 amide bonds. The molecule has 0 saturated carbocycles. The third kappa shape index (κ3) is 2.71. The van der Waals surface area contributed by atoms with Crippen molar-refractivity contribution in [1.29, 1.82) is 0 Å². The molecule has 1 N–H and O–H groups in total. The van der Waals surface area contributed by atoms with Gasteiger partial charge >= 0.3 is 5.97 Å². The fraction of sp³-hybridized carbons (Fsp3) is 0.200. The van der Waals surface area contributed by atoms with Gasteiger partial charge in [-0.2, -0.15) is 0 Å². The van der Waals surface area contributed by atoms with Gasteiger partial charge in [0.05, 0.1) is 19.2 Å². The van der Waals surface area contributed by atoms with Gasteiger partial charge in [-0.25, -0.2) is 0 Å². The van der Waals surface area contributed by atoms with Crippen molar-refractivity contribution in [2.24, 2.45) is 0 Å². The Morgan fingerprint density at radius 3 is 2.70 bits per heavy atom. The molecule has 0 saturated heterocycles. The number of hydrogen-bond donors (Lipinski definition) is 1. The monoisotopic (exact) mass is 273 g/mol. The molecule has 0 atom stereocenters. The van der Waals surface area contributed by atoms with Gasteiger partial charge in [0, 0.05) is 23.5 Å². The molecule has 104 valence electrons. The summed E-state index contributed by atoms with van der Waals surface area (Å²) >= 11 is 0. The Morgan fingerprint density at radius 2 is 2.05 bits per heavy atom. The number of benzene rings is 1. The molecule has 0 radical (unpaired) electrons. The summed E-state index contributed by atoms with van der Waals surface area (Å²) in [5.41, 5.74) is 1.46. The van der Waals surface area contributed by atoms with E-state index in [0.717, 1.165) is 5.69 Å². The topological polar surface area (TPSA) is 68.5 Å². The van der Waals surface area contributed by atoms with E-state index in [4.69, 9.17) is 9.84 Å². The standard InChI is InChI=1S/C15H15NO4/c1-10-7-13(17)11(8-15(18)19)9-16(10)12-5-3-4-6-14(12)20-2/h3-7,9H,8H2,1-2H3,(H,18,19). The number of nitrogens with zero attached hydrogens (tertiary/aromatic N) is 1. The summed E-state index contributed by atoms with van der Waals surface area (Å²) in [5.74, 6) is -0.377. The van der Waals surface area contributed by atoms with Gasteiger partial charge in [-0.05, 0) is 19.1 Å². The molecule has 0 unspecified atom stereocenters. The van der Waals surface area contributed by atoms with Crippen LogP contribution < -0.4 is 10.2 Å². The van der Waals surface area contributed by atoms with Crippen molar-refractivity contribution in [3.05, 3.63) is 58.0 Å². The maximum absolute atomic E-state index is 11.8. The first kappa shape index (κ1) is 13.9. The van der Waals surface area contributed by atoms with Crippen LogP contribution >= 0.6 is 0 Å². The number of pyridine rings is 1. The zero-order chi connectivity index (χ0) is 14.7. The zero-order valence-corrected chi connectivity index (χ0v) is 11.3.